The van der Waals surface area contributed by atoms with Gasteiger partial charge < -0.3 is 20.1 Å². The summed E-state index contributed by atoms with van der Waals surface area (Å²) < 4.78 is 34.1. The number of guanidine groups is 1. The Bertz CT molecular complexity index is 916. The zero-order chi connectivity index (χ0) is 20.6. The molecule has 9 heteroatoms. The molecule has 0 aliphatic heterocycles. The Labute approximate surface area is 165 Å². The van der Waals surface area contributed by atoms with Crippen molar-refractivity contribution in [3.8, 4) is 11.5 Å². The SMILES string of the molecule is CN=C(NCc1cccc(S(N)(=O)=O)c1)NCC(C)Oc1ccccc1OC. The van der Waals surface area contributed by atoms with Crippen molar-refractivity contribution in [3.63, 3.8) is 0 Å². The molecule has 0 fully saturated rings. The number of sulfonamides is 1. The van der Waals surface area contributed by atoms with Gasteiger partial charge in [-0.2, -0.15) is 0 Å². The third-order valence-electron chi connectivity index (χ3n) is 3.86. The van der Waals surface area contributed by atoms with Crippen LogP contribution in [-0.2, 0) is 16.6 Å². The van der Waals surface area contributed by atoms with Gasteiger partial charge in [-0.3, -0.25) is 4.99 Å². The second-order valence-corrected chi connectivity index (χ2v) is 7.64. The summed E-state index contributed by atoms with van der Waals surface area (Å²) in [6.07, 6.45) is -0.138. The Hall–Kier alpha value is -2.78. The van der Waals surface area contributed by atoms with E-state index in [4.69, 9.17) is 14.6 Å². The second kappa shape index (κ2) is 9.95. The number of hydrogen-bond donors (Lipinski definition) is 3. The summed E-state index contributed by atoms with van der Waals surface area (Å²) in [6, 6.07) is 13.9. The summed E-state index contributed by atoms with van der Waals surface area (Å²) in [5, 5.41) is 11.5. The van der Waals surface area contributed by atoms with Crippen LogP contribution < -0.4 is 25.2 Å². The molecular formula is C19H26N4O4S. The molecule has 0 radical (unpaired) electrons. The number of nitrogens with zero attached hydrogens (tertiary/aromatic N) is 1. The number of para-hydroxylation sites is 2. The number of benzene rings is 2. The van der Waals surface area contributed by atoms with Crippen molar-refractivity contribution in [1.29, 1.82) is 0 Å². The highest BCUT2D eigenvalue weighted by atomic mass is 32.2. The lowest BCUT2D eigenvalue weighted by molar-refractivity contribution is 0.213. The molecule has 152 valence electrons. The van der Waals surface area contributed by atoms with E-state index >= 15 is 0 Å². The lowest BCUT2D eigenvalue weighted by atomic mass is 10.2. The Kier molecular flexibility index (Phi) is 7.65. The minimum atomic E-state index is -3.73. The Balaban J connectivity index is 1.88. The maximum atomic E-state index is 11.5. The molecule has 1 atom stereocenters. The van der Waals surface area contributed by atoms with E-state index in [9.17, 15) is 8.42 Å². The number of hydrogen-bond acceptors (Lipinski definition) is 5. The maximum absolute atomic E-state index is 11.5. The highest BCUT2D eigenvalue weighted by molar-refractivity contribution is 7.89. The van der Waals surface area contributed by atoms with Crippen molar-refractivity contribution < 1.29 is 17.9 Å². The third kappa shape index (κ3) is 6.43. The summed E-state index contributed by atoms with van der Waals surface area (Å²) in [4.78, 5) is 4.24. The van der Waals surface area contributed by atoms with Crippen molar-refractivity contribution in [2.45, 2.75) is 24.5 Å². The molecule has 0 aromatic heterocycles. The second-order valence-electron chi connectivity index (χ2n) is 6.08. The first-order valence-electron chi connectivity index (χ1n) is 8.69. The summed E-state index contributed by atoms with van der Waals surface area (Å²) in [5.41, 5.74) is 0.771. The molecule has 8 nitrogen and oxygen atoms in total. The van der Waals surface area contributed by atoms with Gasteiger partial charge >= 0.3 is 0 Å². The quantitative estimate of drug-likeness (QED) is 0.452. The molecule has 4 N–H and O–H groups in total. The normalized spacial score (nSPS) is 12.9. The van der Waals surface area contributed by atoms with Crippen LogP contribution in [0.4, 0.5) is 0 Å². The van der Waals surface area contributed by atoms with Crippen molar-refractivity contribution in [2.24, 2.45) is 10.1 Å². The molecule has 2 aromatic rings. The predicted molar refractivity (Wildman–Crippen MR) is 109 cm³/mol. The molecular weight excluding hydrogens is 380 g/mol. The average Bonchev–Trinajstić information content (AvgIpc) is 2.68. The van der Waals surface area contributed by atoms with Crippen LogP contribution in [-0.4, -0.2) is 41.2 Å². The van der Waals surface area contributed by atoms with E-state index in [-0.39, 0.29) is 11.0 Å². The molecule has 2 aromatic carbocycles. The number of rotatable bonds is 8. The first kappa shape index (κ1) is 21.5. The van der Waals surface area contributed by atoms with Crippen LogP contribution in [0, 0.1) is 0 Å². The number of primary sulfonamides is 1. The summed E-state index contributed by atoms with van der Waals surface area (Å²) in [5.74, 6) is 1.91. The van der Waals surface area contributed by atoms with Gasteiger partial charge in [0.1, 0.15) is 6.10 Å². The summed E-state index contributed by atoms with van der Waals surface area (Å²) in [6.45, 7) is 2.84. The Morgan fingerprint density at radius 1 is 1.14 bits per heavy atom. The topological polar surface area (TPSA) is 115 Å². The van der Waals surface area contributed by atoms with Gasteiger partial charge in [0.2, 0.25) is 10.0 Å². The molecule has 28 heavy (non-hydrogen) atoms. The predicted octanol–water partition coefficient (Wildman–Crippen LogP) is 1.48. The Morgan fingerprint density at radius 3 is 2.50 bits per heavy atom. The summed E-state index contributed by atoms with van der Waals surface area (Å²) in [7, 11) is -0.473. The van der Waals surface area contributed by atoms with Gasteiger partial charge in [0, 0.05) is 13.6 Å². The Morgan fingerprint density at radius 2 is 1.86 bits per heavy atom. The molecule has 0 amide bonds. The number of ether oxygens (including phenoxy) is 2. The number of aliphatic imine (C=N–C) groups is 1. The minimum absolute atomic E-state index is 0.0774. The molecule has 2 rings (SSSR count). The van der Waals surface area contributed by atoms with Crippen molar-refractivity contribution in [2.75, 3.05) is 20.7 Å². The van der Waals surface area contributed by atoms with Gasteiger partial charge in [-0.05, 0) is 36.8 Å². The van der Waals surface area contributed by atoms with Crippen LogP contribution in [0.1, 0.15) is 12.5 Å². The van der Waals surface area contributed by atoms with E-state index in [1.54, 1.807) is 20.2 Å². The summed E-state index contributed by atoms with van der Waals surface area (Å²) >= 11 is 0. The molecule has 0 aliphatic carbocycles. The lowest BCUT2D eigenvalue weighted by Crippen LogP contribution is -2.41. The van der Waals surface area contributed by atoms with E-state index in [0.29, 0.717) is 30.5 Å². The van der Waals surface area contributed by atoms with Crippen LogP contribution in [0.15, 0.2) is 58.4 Å². The van der Waals surface area contributed by atoms with Gasteiger partial charge in [0.05, 0.1) is 18.6 Å². The highest BCUT2D eigenvalue weighted by Crippen LogP contribution is 2.26. The smallest absolute Gasteiger partial charge is 0.238 e. The largest absolute Gasteiger partial charge is 0.493 e. The average molecular weight is 407 g/mol. The zero-order valence-corrected chi connectivity index (χ0v) is 17.0. The van der Waals surface area contributed by atoms with E-state index in [0.717, 1.165) is 5.56 Å². The van der Waals surface area contributed by atoms with Crippen LogP contribution >= 0.6 is 0 Å². The van der Waals surface area contributed by atoms with Gasteiger partial charge in [0.15, 0.2) is 17.5 Å². The van der Waals surface area contributed by atoms with Gasteiger partial charge in [-0.25, -0.2) is 13.6 Å². The monoisotopic (exact) mass is 406 g/mol. The molecule has 0 aliphatic rings. The maximum Gasteiger partial charge on any atom is 0.238 e. The van der Waals surface area contributed by atoms with E-state index in [1.807, 2.05) is 37.3 Å². The van der Waals surface area contributed by atoms with Crippen LogP contribution in [0.25, 0.3) is 0 Å². The fourth-order valence-electron chi connectivity index (χ4n) is 2.45. The molecule has 1 unspecified atom stereocenters. The molecule has 0 spiro atoms. The van der Waals surface area contributed by atoms with E-state index < -0.39 is 10.0 Å². The standard InChI is InChI=1S/C19H26N4O4S/c1-14(27-18-10-5-4-9-17(18)26-3)12-22-19(21-2)23-13-15-7-6-8-16(11-15)28(20,24)25/h4-11,14H,12-13H2,1-3H3,(H2,20,24,25)(H2,21,22,23). The van der Waals surface area contributed by atoms with E-state index in [2.05, 4.69) is 15.6 Å². The molecule has 0 saturated carbocycles. The first-order chi connectivity index (χ1) is 13.3. The van der Waals surface area contributed by atoms with Crippen molar-refractivity contribution in [3.05, 3.63) is 54.1 Å². The number of nitrogens with two attached hydrogens (primary N) is 1. The van der Waals surface area contributed by atoms with Crippen molar-refractivity contribution in [1.82, 2.24) is 10.6 Å². The number of nitrogens with one attached hydrogen (secondary N) is 2. The highest BCUT2D eigenvalue weighted by Gasteiger charge is 2.10. The van der Waals surface area contributed by atoms with Gasteiger partial charge in [-0.15, -0.1) is 0 Å². The molecule has 0 saturated heterocycles. The van der Waals surface area contributed by atoms with E-state index in [1.165, 1.54) is 12.1 Å². The van der Waals surface area contributed by atoms with Crippen LogP contribution in [0.2, 0.25) is 0 Å². The lowest BCUT2D eigenvalue weighted by Gasteiger charge is -2.19. The number of methoxy groups -OCH3 is 1. The third-order valence-corrected chi connectivity index (χ3v) is 4.78. The molecule has 0 heterocycles. The first-order valence-corrected chi connectivity index (χ1v) is 10.2. The van der Waals surface area contributed by atoms with Crippen molar-refractivity contribution >= 4 is 16.0 Å². The zero-order valence-electron chi connectivity index (χ0n) is 16.2. The van der Waals surface area contributed by atoms with Gasteiger partial charge in [0.25, 0.3) is 0 Å². The van der Waals surface area contributed by atoms with Gasteiger partial charge in [-0.1, -0.05) is 24.3 Å². The van der Waals surface area contributed by atoms with Crippen LogP contribution in [0.3, 0.4) is 0 Å². The molecule has 0 bridgehead atoms. The minimum Gasteiger partial charge on any atom is -0.493 e. The fraction of sp³-hybridized carbons (Fsp3) is 0.316. The van der Waals surface area contributed by atoms with Crippen LogP contribution in [0.5, 0.6) is 11.5 Å². The fourth-order valence-corrected chi connectivity index (χ4v) is 3.04.